The van der Waals surface area contributed by atoms with Crippen molar-refractivity contribution >= 4 is 28.5 Å². The summed E-state index contributed by atoms with van der Waals surface area (Å²) in [7, 11) is 0. The fourth-order valence-electron chi connectivity index (χ4n) is 3.05. The lowest BCUT2D eigenvalue weighted by atomic mass is 9.98. The van der Waals surface area contributed by atoms with Gasteiger partial charge in [0, 0.05) is 19.3 Å². The first-order valence-electron chi connectivity index (χ1n) is 7.52. The van der Waals surface area contributed by atoms with Gasteiger partial charge in [-0.15, -0.1) is 0 Å². The summed E-state index contributed by atoms with van der Waals surface area (Å²) >= 11 is 6.27. The number of aromatic nitrogens is 2. The van der Waals surface area contributed by atoms with E-state index < -0.39 is 0 Å². The molecule has 4 rings (SSSR count). The zero-order valence-corrected chi connectivity index (χ0v) is 12.8. The van der Waals surface area contributed by atoms with Gasteiger partial charge in [-0.25, -0.2) is 9.97 Å². The normalized spacial score (nSPS) is 18.8. The average Bonchev–Trinajstić information content (AvgIpc) is 2.99. The number of hydrogen-bond acceptors (Lipinski definition) is 4. The fraction of sp³-hybridized carbons (Fsp3) is 0.294. The van der Waals surface area contributed by atoms with Crippen LogP contribution in [-0.4, -0.2) is 23.1 Å². The molecule has 112 valence electrons. The van der Waals surface area contributed by atoms with Gasteiger partial charge in [-0.1, -0.05) is 23.7 Å². The number of rotatable bonds is 2. The van der Waals surface area contributed by atoms with E-state index in [1.54, 1.807) is 6.20 Å². The Morgan fingerprint density at radius 1 is 1.18 bits per heavy atom. The maximum atomic E-state index is 6.27. The second-order valence-corrected chi connectivity index (χ2v) is 6.02. The Morgan fingerprint density at radius 2 is 2.09 bits per heavy atom. The van der Waals surface area contributed by atoms with Gasteiger partial charge in [-0.05, 0) is 37.1 Å². The maximum absolute atomic E-state index is 6.27. The molecule has 0 spiro atoms. The highest BCUT2D eigenvalue weighted by molar-refractivity contribution is 6.32. The van der Waals surface area contributed by atoms with Gasteiger partial charge in [0.1, 0.15) is 11.3 Å². The summed E-state index contributed by atoms with van der Waals surface area (Å²) in [5, 5.41) is 0.695. The summed E-state index contributed by atoms with van der Waals surface area (Å²) in [4.78, 5) is 11.3. The Bertz CT molecular complexity index is 768. The average molecular weight is 314 g/mol. The van der Waals surface area contributed by atoms with Gasteiger partial charge in [0.25, 0.3) is 0 Å². The Labute approximate surface area is 133 Å². The number of nitrogens with zero attached hydrogens (tertiary/aromatic N) is 3. The number of hydrogen-bond donors (Lipinski definition) is 0. The van der Waals surface area contributed by atoms with E-state index in [9.17, 15) is 0 Å². The molecule has 0 radical (unpaired) electrons. The van der Waals surface area contributed by atoms with E-state index in [0.29, 0.717) is 5.02 Å². The number of anilines is 1. The number of benzene rings is 1. The lowest BCUT2D eigenvalue weighted by Crippen LogP contribution is -2.35. The monoisotopic (exact) mass is 313 g/mol. The minimum atomic E-state index is 0.277. The summed E-state index contributed by atoms with van der Waals surface area (Å²) in [5.74, 6) is 1.95. The van der Waals surface area contributed by atoms with E-state index >= 15 is 0 Å². The van der Waals surface area contributed by atoms with Crippen LogP contribution in [0.15, 0.2) is 47.0 Å². The van der Waals surface area contributed by atoms with Crippen molar-refractivity contribution in [2.75, 3.05) is 18.0 Å². The summed E-state index contributed by atoms with van der Waals surface area (Å²) in [5.41, 5.74) is 1.77. The van der Waals surface area contributed by atoms with Crippen molar-refractivity contribution < 1.29 is 4.42 Å². The molecule has 1 atom stereocenters. The quantitative estimate of drug-likeness (QED) is 0.709. The largest absolute Gasteiger partial charge is 0.440 e. The molecule has 2 aromatic heterocycles. The molecular weight excluding hydrogens is 298 g/mol. The molecule has 5 heteroatoms. The second-order valence-electron chi connectivity index (χ2n) is 5.61. The molecule has 1 aromatic carbocycles. The molecule has 1 unspecified atom stereocenters. The van der Waals surface area contributed by atoms with Crippen molar-refractivity contribution in [1.29, 1.82) is 0 Å². The standard InChI is InChI=1S/C17H16ClN3O/c18-13-6-3-9-19-16(13)21-10-4-5-12(11-21)17-20-14-7-1-2-8-15(14)22-17/h1-3,6-9,12H,4-5,10-11H2. The summed E-state index contributed by atoms with van der Waals surface area (Å²) in [6.45, 7) is 1.80. The molecule has 3 heterocycles. The van der Waals surface area contributed by atoms with Gasteiger partial charge in [-0.2, -0.15) is 0 Å². The molecule has 1 aliphatic rings. The lowest BCUT2D eigenvalue weighted by molar-refractivity contribution is 0.412. The van der Waals surface area contributed by atoms with Crippen molar-refractivity contribution in [2.24, 2.45) is 0 Å². The first-order valence-corrected chi connectivity index (χ1v) is 7.90. The minimum absolute atomic E-state index is 0.277. The predicted octanol–water partition coefficient (Wildman–Crippen LogP) is 4.26. The molecular formula is C17H16ClN3O. The van der Waals surface area contributed by atoms with E-state index in [4.69, 9.17) is 16.0 Å². The van der Waals surface area contributed by atoms with E-state index in [1.807, 2.05) is 36.4 Å². The third-order valence-corrected chi connectivity index (χ3v) is 4.41. The van der Waals surface area contributed by atoms with Crippen LogP contribution in [0, 0.1) is 0 Å². The first kappa shape index (κ1) is 13.6. The van der Waals surface area contributed by atoms with Gasteiger partial charge in [0.2, 0.25) is 0 Å². The summed E-state index contributed by atoms with van der Waals surface area (Å²) < 4.78 is 5.93. The topological polar surface area (TPSA) is 42.2 Å². The van der Waals surface area contributed by atoms with Crippen LogP contribution >= 0.6 is 11.6 Å². The van der Waals surface area contributed by atoms with Gasteiger partial charge in [-0.3, -0.25) is 0 Å². The molecule has 1 saturated heterocycles. The molecule has 3 aromatic rings. The highest BCUT2D eigenvalue weighted by Crippen LogP contribution is 2.32. The summed E-state index contributed by atoms with van der Waals surface area (Å²) in [6.07, 6.45) is 3.94. The number of fused-ring (bicyclic) bond motifs is 1. The molecule has 4 nitrogen and oxygen atoms in total. The smallest absolute Gasteiger partial charge is 0.200 e. The molecule has 0 N–H and O–H groups in total. The van der Waals surface area contributed by atoms with Crippen molar-refractivity contribution in [1.82, 2.24) is 9.97 Å². The van der Waals surface area contributed by atoms with Crippen LogP contribution in [0.2, 0.25) is 5.02 Å². The van der Waals surface area contributed by atoms with Crippen molar-refractivity contribution in [3.05, 3.63) is 53.5 Å². The first-order chi connectivity index (χ1) is 10.8. The molecule has 1 aliphatic heterocycles. The van der Waals surface area contributed by atoms with Gasteiger partial charge in [0.15, 0.2) is 11.5 Å². The molecule has 22 heavy (non-hydrogen) atoms. The van der Waals surface area contributed by atoms with Crippen LogP contribution in [0.4, 0.5) is 5.82 Å². The fourth-order valence-corrected chi connectivity index (χ4v) is 3.29. The van der Waals surface area contributed by atoms with Crippen molar-refractivity contribution in [3.8, 4) is 0 Å². The third-order valence-electron chi connectivity index (χ3n) is 4.12. The zero-order valence-electron chi connectivity index (χ0n) is 12.1. The Morgan fingerprint density at radius 3 is 2.95 bits per heavy atom. The van der Waals surface area contributed by atoms with E-state index in [0.717, 1.165) is 48.7 Å². The van der Waals surface area contributed by atoms with Crippen LogP contribution in [-0.2, 0) is 0 Å². The molecule has 1 fully saturated rings. The van der Waals surface area contributed by atoms with Gasteiger partial charge in [0.05, 0.1) is 10.9 Å². The van der Waals surface area contributed by atoms with E-state index in [1.165, 1.54) is 0 Å². The van der Waals surface area contributed by atoms with Gasteiger partial charge < -0.3 is 9.32 Å². The number of pyridine rings is 1. The van der Waals surface area contributed by atoms with E-state index in [-0.39, 0.29) is 5.92 Å². The number of para-hydroxylation sites is 2. The number of piperidine rings is 1. The van der Waals surface area contributed by atoms with Crippen molar-refractivity contribution in [2.45, 2.75) is 18.8 Å². The number of oxazole rings is 1. The number of halogens is 1. The van der Waals surface area contributed by atoms with Crippen LogP contribution in [0.25, 0.3) is 11.1 Å². The Balaban J connectivity index is 1.62. The van der Waals surface area contributed by atoms with Crippen LogP contribution < -0.4 is 4.90 Å². The minimum Gasteiger partial charge on any atom is -0.440 e. The van der Waals surface area contributed by atoms with Crippen LogP contribution in [0.1, 0.15) is 24.7 Å². The van der Waals surface area contributed by atoms with Crippen molar-refractivity contribution in [3.63, 3.8) is 0 Å². The molecule has 0 aliphatic carbocycles. The second kappa shape index (κ2) is 5.61. The third kappa shape index (κ3) is 2.44. The molecule has 0 saturated carbocycles. The zero-order chi connectivity index (χ0) is 14.9. The highest BCUT2D eigenvalue weighted by Gasteiger charge is 2.27. The maximum Gasteiger partial charge on any atom is 0.200 e. The lowest BCUT2D eigenvalue weighted by Gasteiger charge is -2.32. The predicted molar refractivity (Wildman–Crippen MR) is 87.4 cm³/mol. The summed E-state index contributed by atoms with van der Waals surface area (Å²) in [6, 6.07) is 11.6. The molecule has 0 amide bonds. The highest BCUT2D eigenvalue weighted by atomic mass is 35.5. The SMILES string of the molecule is Clc1cccnc1N1CCCC(c2nc3ccccc3o2)C1. The Kier molecular flexibility index (Phi) is 3.47. The molecule has 0 bridgehead atoms. The van der Waals surface area contributed by atoms with E-state index in [2.05, 4.69) is 14.9 Å². The van der Waals surface area contributed by atoms with Crippen LogP contribution in [0.5, 0.6) is 0 Å². The van der Waals surface area contributed by atoms with Gasteiger partial charge >= 0.3 is 0 Å². The Hall–Kier alpha value is -2.07. The van der Waals surface area contributed by atoms with Crippen LogP contribution in [0.3, 0.4) is 0 Å².